The number of aryl methyl sites for hydroxylation is 2. The van der Waals surface area contributed by atoms with Gasteiger partial charge in [0, 0.05) is 38.7 Å². The Kier molecular flexibility index (Phi) is 6.09. The largest absolute Gasteiger partial charge is 0.399 e. The van der Waals surface area contributed by atoms with E-state index in [1.165, 1.54) is 32.8 Å². The number of nitrogens with two attached hydrogens (primary N) is 1. The third kappa shape index (κ3) is 3.89. The molecule has 3 nitrogen and oxygen atoms in total. The maximum absolute atomic E-state index is 6.37. The number of para-hydroxylation sites is 2. The molecule has 7 rings (SSSR count). The van der Waals surface area contributed by atoms with Crippen LogP contribution in [0.1, 0.15) is 29.3 Å². The summed E-state index contributed by atoms with van der Waals surface area (Å²) in [7, 11) is 0. The van der Waals surface area contributed by atoms with E-state index < -0.39 is 0 Å². The van der Waals surface area contributed by atoms with Gasteiger partial charge in [-0.15, -0.1) is 0 Å². The third-order valence-electron chi connectivity index (χ3n) is 8.30. The standard InChI is InChI=1S/C39H33N3/c1-5-12-34-29(6-2)30-15-7-9-17-35(30)41(34)37-24-33(27-14-11-13-25(3)21-27)38(22-26(37)4)42-36-18-10-8-16-31(36)32-20-19-28(40)23-39(32)42/h5-24H,2,40H2,1,3-4H3/b12-5-. The Morgan fingerprint density at radius 3 is 2.12 bits per heavy atom. The van der Waals surface area contributed by atoms with Crippen molar-refractivity contribution in [1.29, 1.82) is 0 Å². The smallest absolute Gasteiger partial charge is 0.0561 e. The molecular formula is C39H33N3. The van der Waals surface area contributed by atoms with Crippen LogP contribution < -0.4 is 5.73 Å². The highest BCUT2D eigenvalue weighted by Crippen LogP contribution is 2.40. The van der Waals surface area contributed by atoms with E-state index in [1.807, 2.05) is 12.1 Å². The topological polar surface area (TPSA) is 35.9 Å². The molecule has 2 aromatic heterocycles. The fraction of sp³-hybridized carbons (Fsp3) is 0.0769. The molecule has 3 heteroatoms. The van der Waals surface area contributed by atoms with Crippen molar-refractivity contribution in [3.8, 4) is 22.5 Å². The SMILES string of the molecule is C=Cc1c(/C=C\C)n(-c2cc(-c3cccc(C)c3)c(-n3c4ccccc4c4ccc(N)cc43)cc2C)c2ccccc12. The Morgan fingerprint density at radius 1 is 0.667 bits per heavy atom. The van der Waals surface area contributed by atoms with Crippen molar-refractivity contribution in [3.05, 3.63) is 138 Å². The minimum absolute atomic E-state index is 0.753. The zero-order chi connectivity index (χ0) is 29.0. The Bertz CT molecular complexity index is 2200. The first-order chi connectivity index (χ1) is 20.5. The van der Waals surface area contributed by atoms with Crippen molar-refractivity contribution < 1.29 is 0 Å². The first-order valence-corrected chi connectivity index (χ1v) is 14.4. The van der Waals surface area contributed by atoms with Gasteiger partial charge in [-0.2, -0.15) is 0 Å². The molecule has 0 aliphatic heterocycles. The van der Waals surface area contributed by atoms with Crippen LogP contribution in [0.4, 0.5) is 5.69 Å². The second-order valence-corrected chi connectivity index (χ2v) is 11.0. The molecule has 0 fully saturated rings. The zero-order valence-electron chi connectivity index (χ0n) is 24.2. The van der Waals surface area contributed by atoms with Crippen molar-refractivity contribution in [2.45, 2.75) is 20.8 Å². The molecule has 0 unspecified atom stereocenters. The van der Waals surface area contributed by atoms with Crippen LogP contribution in [0.25, 0.3) is 67.4 Å². The predicted octanol–water partition coefficient (Wildman–Crippen LogP) is 10.3. The quantitative estimate of drug-likeness (QED) is 0.215. The van der Waals surface area contributed by atoms with Crippen LogP contribution in [0.5, 0.6) is 0 Å². The zero-order valence-corrected chi connectivity index (χ0v) is 24.2. The van der Waals surface area contributed by atoms with Gasteiger partial charge in [-0.1, -0.05) is 91.0 Å². The van der Waals surface area contributed by atoms with Gasteiger partial charge >= 0.3 is 0 Å². The molecule has 0 bridgehead atoms. The fourth-order valence-corrected chi connectivity index (χ4v) is 6.48. The number of hydrogen-bond donors (Lipinski definition) is 1. The van der Waals surface area contributed by atoms with Gasteiger partial charge in [-0.25, -0.2) is 0 Å². The average molecular weight is 544 g/mol. The number of rotatable bonds is 5. The molecule has 0 saturated heterocycles. The molecule has 204 valence electrons. The summed E-state index contributed by atoms with van der Waals surface area (Å²) in [5, 5.41) is 3.60. The van der Waals surface area contributed by atoms with Gasteiger partial charge < -0.3 is 14.9 Å². The molecule has 0 aliphatic rings. The lowest BCUT2D eigenvalue weighted by molar-refractivity contribution is 1.07. The highest BCUT2D eigenvalue weighted by Gasteiger charge is 2.21. The van der Waals surface area contributed by atoms with E-state index in [1.54, 1.807) is 0 Å². The summed E-state index contributed by atoms with van der Waals surface area (Å²) in [5.74, 6) is 0. The molecule has 2 heterocycles. The number of nitrogens with zero attached hydrogens (tertiary/aromatic N) is 2. The highest BCUT2D eigenvalue weighted by molar-refractivity contribution is 6.10. The fourth-order valence-electron chi connectivity index (χ4n) is 6.48. The van der Waals surface area contributed by atoms with E-state index in [0.717, 1.165) is 50.4 Å². The van der Waals surface area contributed by atoms with Gasteiger partial charge in [0.25, 0.3) is 0 Å². The number of aromatic nitrogens is 2. The number of fused-ring (bicyclic) bond motifs is 4. The Balaban J connectivity index is 1.63. The number of anilines is 1. The van der Waals surface area contributed by atoms with Gasteiger partial charge in [-0.05, 0) is 74.4 Å². The summed E-state index contributed by atoms with van der Waals surface area (Å²) < 4.78 is 4.76. The third-order valence-corrected chi connectivity index (χ3v) is 8.30. The molecule has 0 aliphatic carbocycles. The number of hydrogen-bond acceptors (Lipinski definition) is 1. The number of allylic oxidation sites excluding steroid dienone is 1. The molecule has 0 amide bonds. The maximum Gasteiger partial charge on any atom is 0.0561 e. The van der Waals surface area contributed by atoms with Crippen molar-refractivity contribution in [1.82, 2.24) is 9.13 Å². The van der Waals surface area contributed by atoms with Crippen LogP contribution in [0, 0.1) is 13.8 Å². The Hall–Kier alpha value is -5.28. The van der Waals surface area contributed by atoms with E-state index in [0.29, 0.717) is 0 Å². The van der Waals surface area contributed by atoms with Gasteiger partial charge in [0.15, 0.2) is 0 Å². The van der Waals surface area contributed by atoms with Gasteiger partial charge in [-0.3, -0.25) is 0 Å². The first kappa shape index (κ1) is 25.7. The van der Waals surface area contributed by atoms with Gasteiger partial charge in [0.1, 0.15) is 0 Å². The monoisotopic (exact) mass is 543 g/mol. The lowest BCUT2D eigenvalue weighted by Gasteiger charge is -2.20. The minimum Gasteiger partial charge on any atom is -0.399 e. The van der Waals surface area contributed by atoms with E-state index in [9.17, 15) is 0 Å². The highest BCUT2D eigenvalue weighted by atomic mass is 15.0. The van der Waals surface area contributed by atoms with Crippen LogP contribution in [-0.2, 0) is 0 Å². The molecule has 42 heavy (non-hydrogen) atoms. The predicted molar refractivity (Wildman–Crippen MR) is 182 cm³/mol. The molecule has 0 atom stereocenters. The molecular weight excluding hydrogens is 510 g/mol. The van der Waals surface area contributed by atoms with Crippen molar-refractivity contribution in [2.75, 3.05) is 5.73 Å². The lowest BCUT2D eigenvalue weighted by Crippen LogP contribution is -2.05. The lowest BCUT2D eigenvalue weighted by atomic mass is 9.98. The maximum atomic E-state index is 6.37. The molecule has 0 radical (unpaired) electrons. The Labute approximate surface area is 246 Å². The second-order valence-electron chi connectivity index (χ2n) is 11.0. The van der Waals surface area contributed by atoms with Crippen molar-refractivity contribution in [3.63, 3.8) is 0 Å². The van der Waals surface area contributed by atoms with Crippen molar-refractivity contribution in [2.24, 2.45) is 0 Å². The summed E-state index contributed by atoms with van der Waals surface area (Å²) >= 11 is 0. The summed E-state index contributed by atoms with van der Waals surface area (Å²) in [6.45, 7) is 10.6. The van der Waals surface area contributed by atoms with E-state index in [4.69, 9.17) is 5.73 Å². The van der Waals surface area contributed by atoms with Crippen LogP contribution in [-0.4, -0.2) is 9.13 Å². The summed E-state index contributed by atoms with van der Waals surface area (Å²) in [5.41, 5.74) is 19.8. The summed E-state index contributed by atoms with van der Waals surface area (Å²) in [4.78, 5) is 0. The number of nitrogen functional groups attached to an aromatic ring is 1. The van der Waals surface area contributed by atoms with Gasteiger partial charge in [0.2, 0.25) is 0 Å². The molecule has 0 spiro atoms. The number of benzene rings is 5. The van der Waals surface area contributed by atoms with E-state index in [2.05, 4.69) is 146 Å². The summed E-state index contributed by atoms with van der Waals surface area (Å²) in [6, 6.07) is 36.9. The molecule has 0 saturated carbocycles. The van der Waals surface area contributed by atoms with Crippen LogP contribution >= 0.6 is 0 Å². The molecule has 5 aromatic carbocycles. The Morgan fingerprint density at radius 2 is 1.38 bits per heavy atom. The average Bonchev–Trinajstić information content (AvgIpc) is 3.48. The normalized spacial score (nSPS) is 11.8. The molecule has 2 N–H and O–H groups in total. The van der Waals surface area contributed by atoms with Crippen LogP contribution in [0.2, 0.25) is 0 Å². The molecule has 7 aromatic rings. The van der Waals surface area contributed by atoms with Gasteiger partial charge in [0.05, 0.1) is 27.9 Å². The first-order valence-electron chi connectivity index (χ1n) is 14.4. The minimum atomic E-state index is 0.753. The van der Waals surface area contributed by atoms with E-state index >= 15 is 0 Å². The van der Waals surface area contributed by atoms with Crippen molar-refractivity contribution >= 4 is 50.5 Å². The van der Waals surface area contributed by atoms with E-state index in [-0.39, 0.29) is 0 Å². The van der Waals surface area contributed by atoms with Crippen LogP contribution in [0.15, 0.2) is 116 Å². The second kappa shape index (κ2) is 9.97. The van der Waals surface area contributed by atoms with Crippen LogP contribution in [0.3, 0.4) is 0 Å². The summed E-state index contributed by atoms with van der Waals surface area (Å²) in [6.07, 6.45) is 6.26.